The zero-order chi connectivity index (χ0) is 13.8. The maximum atomic E-state index is 11.8. The Morgan fingerprint density at radius 2 is 2.06 bits per heavy atom. The van der Waals surface area contributed by atoms with Crippen LogP contribution in [0.2, 0.25) is 0 Å². The number of ether oxygens (including phenoxy) is 1. The van der Waals surface area contributed by atoms with Gasteiger partial charge >= 0.3 is 6.18 Å². The van der Waals surface area contributed by atoms with Gasteiger partial charge in [0.25, 0.3) is 0 Å². The molecule has 0 bridgehead atoms. The van der Waals surface area contributed by atoms with Crippen LogP contribution in [0.5, 0.6) is 0 Å². The van der Waals surface area contributed by atoms with Crippen LogP contribution >= 0.6 is 15.9 Å². The summed E-state index contributed by atoms with van der Waals surface area (Å²) in [4.78, 5) is 11.7. The molecule has 0 saturated heterocycles. The Labute approximate surface area is 110 Å². The Morgan fingerprint density at radius 3 is 2.61 bits per heavy atom. The summed E-state index contributed by atoms with van der Waals surface area (Å²) >= 11 is 3.17. The van der Waals surface area contributed by atoms with Gasteiger partial charge in [-0.2, -0.15) is 13.2 Å². The summed E-state index contributed by atoms with van der Waals surface area (Å²) in [6, 6.07) is 4.63. The number of nitrogens with two attached hydrogens (primary N) is 1. The summed E-state index contributed by atoms with van der Waals surface area (Å²) in [6.07, 6.45) is -4.48. The number of Topliss-reactive ketones (excluding diaryl/α,β-unsaturated/α-hetero) is 1. The molecule has 3 nitrogen and oxygen atoms in total. The highest BCUT2D eigenvalue weighted by molar-refractivity contribution is 9.10. The number of halogens is 4. The first-order valence-electron chi connectivity index (χ1n) is 5.02. The second kappa shape index (κ2) is 6.19. The van der Waals surface area contributed by atoms with E-state index < -0.39 is 12.8 Å². The normalized spacial score (nSPS) is 11.6. The minimum Gasteiger partial charge on any atom is -0.399 e. The number of rotatable bonds is 5. The molecule has 0 saturated carbocycles. The average Bonchev–Trinajstić information content (AvgIpc) is 2.22. The predicted octanol–water partition coefficient (Wildman–Crippen LogP) is 3.18. The van der Waals surface area contributed by atoms with Crippen molar-refractivity contribution in [2.45, 2.75) is 12.6 Å². The first kappa shape index (κ1) is 15.0. The molecule has 0 amide bonds. The lowest BCUT2D eigenvalue weighted by molar-refractivity contribution is -0.173. The van der Waals surface area contributed by atoms with Crippen LogP contribution in [0.3, 0.4) is 0 Å². The third-order valence-corrected chi connectivity index (χ3v) is 2.69. The molecule has 1 aromatic rings. The lowest BCUT2D eigenvalue weighted by Gasteiger charge is -2.08. The minimum absolute atomic E-state index is 0.113. The lowest BCUT2D eigenvalue weighted by atomic mass is 10.1. The van der Waals surface area contributed by atoms with Crippen molar-refractivity contribution in [3.05, 3.63) is 28.2 Å². The summed E-state index contributed by atoms with van der Waals surface area (Å²) in [5.41, 5.74) is 6.37. The smallest absolute Gasteiger partial charge is 0.399 e. The molecule has 0 heterocycles. The van der Waals surface area contributed by atoms with Gasteiger partial charge in [0, 0.05) is 22.1 Å². The highest BCUT2D eigenvalue weighted by Crippen LogP contribution is 2.21. The number of nitrogen functional groups attached to an aromatic ring is 1. The van der Waals surface area contributed by atoms with E-state index in [4.69, 9.17) is 5.73 Å². The number of carbonyl (C=O) groups is 1. The van der Waals surface area contributed by atoms with Gasteiger partial charge in [-0.3, -0.25) is 4.79 Å². The second-order valence-corrected chi connectivity index (χ2v) is 4.43. The molecule has 2 N–H and O–H groups in total. The largest absolute Gasteiger partial charge is 0.411 e. The van der Waals surface area contributed by atoms with E-state index in [0.29, 0.717) is 15.7 Å². The number of ketones is 1. The quantitative estimate of drug-likeness (QED) is 0.514. The molecule has 1 rings (SSSR count). The predicted molar refractivity (Wildman–Crippen MR) is 64.4 cm³/mol. The fourth-order valence-electron chi connectivity index (χ4n) is 1.24. The Kier molecular flexibility index (Phi) is 5.15. The van der Waals surface area contributed by atoms with Crippen LogP contribution in [-0.2, 0) is 4.74 Å². The standard InChI is InChI=1S/C11H11BrF3NO2/c12-9-5-7(16)1-2-8(9)10(17)3-4-18-6-11(13,14)15/h1-2,5H,3-4,6,16H2. The van der Waals surface area contributed by atoms with E-state index in [1.807, 2.05) is 0 Å². The zero-order valence-corrected chi connectivity index (χ0v) is 10.8. The molecule has 18 heavy (non-hydrogen) atoms. The van der Waals surface area contributed by atoms with E-state index in [1.165, 1.54) is 6.07 Å². The fourth-order valence-corrected chi connectivity index (χ4v) is 1.86. The van der Waals surface area contributed by atoms with E-state index in [1.54, 1.807) is 12.1 Å². The average molecular weight is 326 g/mol. The highest BCUT2D eigenvalue weighted by Gasteiger charge is 2.27. The number of hydrogen-bond donors (Lipinski definition) is 1. The lowest BCUT2D eigenvalue weighted by Crippen LogP contribution is -2.18. The van der Waals surface area contributed by atoms with Gasteiger partial charge < -0.3 is 10.5 Å². The maximum Gasteiger partial charge on any atom is 0.411 e. The Balaban J connectivity index is 2.46. The minimum atomic E-state index is -4.37. The summed E-state index contributed by atoms with van der Waals surface area (Å²) in [7, 11) is 0. The van der Waals surface area contributed by atoms with Gasteiger partial charge in [-0.1, -0.05) is 0 Å². The van der Waals surface area contributed by atoms with Crippen LogP contribution in [-0.4, -0.2) is 25.2 Å². The number of benzene rings is 1. The molecule has 0 fully saturated rings. The zero-order valence-electron chi connectivity index (χ0n) is 9.26. The number of anilines is 1. The summed E-state index contributed by atoms with van der Waals surface area (Å²) in [5.74, 6) is -0.302. The van der Waals surface area contributed by atoms with Gasteiger partial charge in [0.2, 0.25) is 0 Å². The van der Waals surface area contributed by atoms with Crippen molar-refractivity contribution in [3.8, 4) is 0 Å². The Hall–Kier alpha value is -1.08. The molecule has 100 valence electrons. The summed E-state index contributed by atoms with van der Waals surface area (Å²) in [5, 5.41) is 0. The van der Waals surface area contributed by atoms with Gasteiger partial charge in [-0.25, -0.2) is 0 Å². The van der Waals surface area contributed by atoms with Crippen molar-refractivity contribution in [1.29, 1.82) is 0 Å². The topological polar surface area (TPSA) is 52.3 Å². The molecule has 0 radical (unpaired) electrons. The van der Waals surface area contributed by atoms with Crippen LogP contribution in [0.15, 0.2) is 22.7 Å². The third kappa shape index (κ3) is 5.05. The highest BCUT2D eigenvalue weighted by atomic mass is 79.9. The van der Waals surface area contributed by atoms with Crippen molar-refractivity contribution >= 4 is 27.4 Å². The molecule has 0 atom stereocenters. The van der Waals surface area contributed by atoms with Gasteiger partial charge in [0.1, 0.15) is 6.61 Å². The molecule has 7 heteroatoms. The summed E-state index contributed by atoms with van der Waals surface area (Å²) in [6.45, 7) is -1.61. The second-order valence-electron chi connectivity index (χ2n) is 3.58. The maximum absolute atomic E-state index is 11.8. The Morgan fingerprint density at radius 1 is 1.39 bits per heavy atom. The molecule has 0 aromatic heterocycles. The molecule has 0 aliphatic rings. The van der Waals surface area contributed by atoms with Gasteiger partial charge in [-0.05, 0) is 34.1 Å². The SMILES string of the molecule is Nc1ccc(C(=O)CCOCC(F)(F)F)c(Br)c1. The van der Waals surface area contributed by atoms with Crippen molar-refractivity contribution in [3.63, 3.8) is 0 Å². The first-order valence-corrected chi connectivity index (χ1v) is 5.81. The number of hydrogen-bond acceptors (Lipinski definition) is 3. The van der Waals surface area contributed by atoms with E-state index in [-0.39, 0.29) is 18.8 Å². The van der Waals surface area contributed by atoms with E-state index in [2.05, 4.69) is 20.7 Å². The molecule has 0 unspecified atom stereocenters. The van der Waals surface area contributed by atoms with Crippen molar-refractivity contribution in [2.75, 3.05) is 18.9 Å². The molecule has 0 aliphatic heterocycles. The van der Waals surface area contributed by atoms with E-state index in [9.17, 15) is 18.0 Å². The number of carbonyl (C=O) groups excluding carboxylic acids is 1. The van der Waals surface area contributed by atoms with Crippen molar-refractivity contribution in [2.24, 2.45) is 0 Å². The monoisotopic (exact) mass is 325 g/mol. The van der Waals surface area contributed by atoms with E-state index >= 15 is 0 Å². The van der Waals surface area contributed by atoms with Crippen LogP contribution in [0.25, 0.3) is 0 Å². The van der Waals surface area contributed by atoms with Crippen molar-refractivity contribution in [1.82, 2.24) is 0 Å². The van der Waals surface area contributed by atoms with Gasteiger partial charge in [0.05, 0.1) is 6.61 Å². The molecule has 1 aromatic carbocycles. The molecule has 0 aliphatic carbocycles. The van der Waals surface area contributed by atoms with Crippen LogP contribution < -0.4 is 5.73 Å². The van der Waals surface area contributed by atoms with Gasteiger partial charge in [0.15, 0.2) is 5.78 Å². The van der Waals surface area contributed by atoms with Crippen LogP contribution in [0, 0.1) is 0 Å². The van der Waals surface area contributed by atoms with E-state index in [0.717, 1.165) is 0 Å². The molecule has 0 spiro atoms. The number of alkyl halides is 3. The molecular formula is C11H11BrF3NO2. The molecular weight excluding hydrogens is 315 g/mol. The first-order chi connectivity index (χ1) is 8.29. The third-order valence-electron chi connectivity index (χ3n) is 2.03. The Bertz CT molecular complexity index is 435. The fraction of sp³-hybridized carbons (Fsp3) is 0.364. The van der Waals surface area contributed by atoms with Crippen molar-refractivity contribution < 1.29 is 22.7 Å². The van der Waals surface area contributed by atoms with Gasteiger partial charge in [-0.15, -0.1) is 0 Å². The van der Waals surface area contributed by atoms with Crippen LogP contribution in [0.1, 0.15) is 16.8 Å². The summed E-state index contributed by atoms with van der Waals surface area (Å²) < 4.78 is 40.2. The van der Waals surface area contributed by atoms with Crippen LogP contribution in [0.4, 0.5) is 18.9 Å².